The highest BCUT2D eigenvalue weighted by molar-refractivity contribution is 7.98. The first kappa shape index (κ1) is 16.1. The van der Waals surface area contributed by atoms with Crippen molar-refractivity contribution in [2.45, 2.75) is 51.1 Å². The highest BCUT2D eigenvalue weighted by Crippen LogP contribution is 2.23. The third-order valence-electron chi connectivity index (χ3n) is 3.64. The summed E-state index contributed by atoms with van der Waals surface area (Å²) < 4.78 is 0. The zero-order valence-corrected chi connectivity index (χ0v) is 12.5. The van der Waals surface area contributed by atoms with E-state index >= 15 is 0 Å². The van der Waals surface area contributed by atoms with Crippen LogP contribution >= 0.6 is 11.8 Å². The number of thioether (sulfide) groups is 1. The number of hydrogen-bond acceptors (Lipinski definition) is 3. The first-order chi connectivity index (χ1) is 9.04. The summed E-state index contributed by atoms with van der Waals surface area (Å²) >= 11 is 1.58. The third kappa shape index (κ3) is 5.72. The predicted molar refractivity (Wildman–Crippen MR) is 77.5 cm³/mol. The number of aliphatic carboxylic acids is 1. The Bertz CT molecular complexity index is 312. The largest absolute Gasteiger partial charge is 0.480 e. The molecule has 1 aliphatic carbocycles. The Morgan fingerprint density at radius 1 is 1.37 bits per heavy atom. The molecule has 0 aliphatic heterocycles. The summed E-state index contributed by atoms with van der Waals surface area (Å²) in [7, 11) is 0. The van der Waals surface area contributed by atoms with Crippen LogP contribution in [0.1, 0.15) is 39.0 Å². The number of carboxylic acids is 1. The smallest absolute Gasteiger partial charge is 0.326 e. The minimum atomic E-state index is -0.971. The summed E-state index contributed by atoms with van der Waals surface area (Å²) in [5.74, 6) is 0.215. The number of nitrogens with one attached hydrogen (secondary N) is 2. The number of amides is 2. The van der Waals surface area contributed by atoms with Gasteiger partial charge in [0, 0.05) is 6.04 Å². The van der Waals surface area contributed by atoms with E-state index in [4.69, 9.17) is 5.11 Å². The SMILES string of the molecule is CSCC[C@@H](NC(=O)N[C@H]1CCCC[C@@H]1C)C(=O)O. The quantitative estimate of drug-likeness (QED) is 0.699. The van der Waals surface area contributed by atoms with E-state index in [9.17, 15) is 9.59 Å². The summed E-state index contributed by atoms with van der Waals surface area (Å²) in [6.45, 7) is 2.13. The molecular formula is C13H24N2O3S. The molecule has 1 rings (SSSR count). The van der Waals surface area contributed by atoms with Crippen LogP contribution in [0.25, 0.3) is 0 Å². The molecule has 1 saturated carbocycles. The summed E-state index contributed by atoms with van der Waals surface area (Å²) in [6, 6.07) is -0.984. The Kier molecular flexibility index (Phi) is 7.05. The van der Waals surface area contributed by atoms with Crippen molar-refractivity contribution in [3.63, 3.8) is 0 Å². The molecule has 19 heavy (non-hydrogen) atoms. The molecule has 3 atom stereocenters. The number of carbonyl (C=O) groups excluding carboxylic acids is 1. The Balaban J connectivity index is 2.40. The Morgan fingerprint density at radius 3 is 2.63 bits per heavy atom. The van der Waals surface area contributed by atoms with Gasteiger partial charge in [-0.2, -0.15) is 11.8 Å². The van der Waals surface area contributed by atoms with Crippen LogP contribution in [-0.4, -0.2) is 41.2 Å². The van der Waals surface area contributed by atoms with Crippen LogP contribution in [0, 0.1) is 5.92 Å². The lowest BCUT2D eigenvalue weighted by Crippen LogP contribution is -2.51. The van der Waals surface area contributed by atoms with Gasteiger partial charge >= 0.3 is 12.0 Å². The van der Waals surface area contributed by atoms with Crippen molar-refractivity contribution in [2.75, 3.05) is 12.0 Å². The lowest BCUT2D eigenvalue weighted by atomic mass is 9.86. The van der Waals surface area contributed by atoms with Crippen LogP contribution in [-0.2, 0) is 4.79 Å². The van der Waals surface area contributed by atoms with E-state index in [0.29, 0.717) is 12.3 Å². The molecule has 1 aliphatic rings. The van der Waals surface area contributed by atoms with E-state index in [1.54, 1.807) is 11.8 Å². The summed E-state index contributed by atoms with van der Waals surface area (Å²) in [5.41, 5.74) is 0. The number of hydrogen-bond donors (Lipinski definition) is 3. The highest BCUT2D eigenvalue weighted by Gasteiger charge is 2.25. The average molecular weight is 288 g/mol. The molecule has 110 valence electrons. The first-order valence-electron chi connectivity index (χ1n) is 6.83. The maximum absolute atomic E-state index is 11.8. The maximum Gasteiger partial charge on any atom is 0.326 e. The van der Waals surface area contributed by atoms with E-state index in [1.807, 2.05) is 6.26 Å². The number of carbonyl (C=O) groups is 2. The van der Waals surface area contributed by atoms with Gasteiger partial charge in [-0.1, -0.05) is 19.8 Å². The van der Waals surface area contributed by atoms with Crippen LogP contribution in [0.2, 0.25) is 0 Å². The summed E-state index contributed by atoms with van der Waals surface area (Å²) in [5, 5.41) is 14.5. The van der Waals surface area contributed by atoms with Crippen LogP contribution in [0.15, 0.2) is 0 Å². The molecular weight excluding hydrogens is 264 g/mol. The van der Waals surface area contributed by atoms with E-state index in [2.05, 4.69) is 17.6 Å². The van der Waals surface area contributed by atoms with Gasteiger partial charge in [-0.25, -0.2) is 9.59 Å². The second-order valence-corrected chi connectivity index (χ2v) is 6.14. The van der Waals surface area contributed by atoms with Gasteiger partial charge in [-0.15, -0.1) is 0 Å². The molecule has 2 amide bonds. The molecule has 0 heterocycles. The average Bonchev–Trinajstić information content (AvgIpc) is 2.37. The molecule has 0 unspecified atom stereocenters. The molecule has 3 N–H and O–H groups in total. The van der Waals surface area contributed by atoms with Crippen molar-refractivity contribution in [1.82, 2.24) is 10.6 Å². The van der Waals surface area contributed by atoms with Crippen molar-refractivity contribution in [3.8, 4) is 0 Å². The second kappa shape index (κ2) is 8.30. The van der Waals surface area contributed by atoms with Crippen LogP contribution < -0.4 is 10.6 Å². The molecule has 6 heteroatoms. The summed E-state index contributed by atoms with van der Waals surface area (Å²) in [6.07, 6.45) is 6.82. The summed E-state index contributed by atoms with van der Waals surface area (Å²) in [4.78, 5) is 22.9. The first-order valence-corrected chi connectivity index (χ1v) is 8.22. The van der Waals surface area contributed by atoms with Gasteiger partial charge in [0.1, 0.15) is 6.04 Å². The minimum Gasteiger partial charge on any atom is -0.480 e. The molecule has 0 radical (unpaired) electrons. The predicted octanol–water partition coefficient (Wildman–Crippen LogP) is 2.07. The molecule has 0 aromatic heterocycles. The molecule has 0 aromatic rings. The van der Waals surface area contributed by atoms with Gasteiger partial charge in [-0.3, -0.25) is 0 Å². The van der Waals surface area contributed by atoms with Crippen LogP contribution in [0.3, 0.4) is 0 Å². The van der Waals surface area contributed by atoms with Crippen molar-refractivity contribution >= 4 is 23.8 Å². The fourth-order valence-electron chi connectivity index (χ4n) is 2.39. The van der Waals surface area contributed by atoms with Crippen LogP contribution in [0.4, 0.5) is 4.79 Å². The van der Waals surface area contributed by atoms with Crippen molar-refractivity contribution in [2.24, 2.45) is 5.92 Å². The van der Waals surface area contributed by atoms with Gasteiger partial charge in [-0.05, 0) is 37.2 Å². The zero-order valence-electron chi connectivity index (χ0n) is 11.6. The van der Waals surface area contributed by atoms with E-state index < -0.39 is 12.0 Å². The monoisotopic (exact) mass is 288 g/mol. The normalized spacial score (nSPS) is 24.5. The minimum absolute atomic E-state index is 0.170. The highest BCUT2D eigenvalue weighted by atomic mass is 32.2. The molecule has 0 aromatic carbocycles. The van der Waals surface area contributed by atoms with Crippen LogP contribution in [0.5, 0.6) is 0 Å². The topological polar surface area (TPSA) is 78.4 Å². The number of carboxylic acid groups (broad SMARTS) is 1. The Hall–Kier alpha value is -0.910. The van der Waals surface area contributed by atoms with Gasteiger partial charge in [0.2, 0.25) is 0 Å². The second-order valence-electron chi connectivity index (χ2n) is 5.16. The maximum atomic E-state index is 11.8. The molecule has 0 saturated heterocycles. The lowest BCUT2D eigenvalue weighted by molar-refractivity contribution is -0.139. The van der Waals surface area contributed by atoms with Crippen molar-refractivity contribution < 1.29 is 14.7 Å². The van der Waals surface area contributed by atoms with Crippen molar-refractivity contribution in [3.05, 3.63) is 0 Å². The molecule has 5 nitrogen and oxygen atoms in total. The fraction of sp³-hybridized carbons (Fsp3) is 0.846. The number of rotatable bonds is 6. The van der Waals surface area contributed by atoms with E-state index in [-0.39, 0.29) is 12.1 Å². The zero-order chi connectivity index (χ0) is 14.3. The Morgan fingerprint density at radius 2 is 2.05 bits per heavy atom. The fourth-order valence-corrected chi connectivity index (χ4v) is 2.86. The van der Waals surface area contributed by atoms with E-state index in [1.165, 1.54) is 6.42 Å². The molecule has 0 bridgehead atoms. The standard InChI is InChI=1S/C13H24N2O3S/c1-9-5-3-4-6-10(9)14-13(18)15-11(12(16)17)7-8-19-2/h9-11H,3-8H2,1-2H3,(H,16,17)(H2,14,15,18)/t9-,10-,11+/m0/s1. The molecule has 0 spiro atoms. The van der Waals surface area contributed by atoms with E-state index in [0.717, 1.165) is 25.0 Å². The van der Waals surface area contributed by atoms with Gasteiger partial charge in [0.05, 0.1) is 0 Å². The number of urea groups is 1. The van der Waals surface area contributed by atoms with Gasteiger partial charge in [0.15, 0.2) is 0 Å². The lowest BCUT2D eigenvalue weighted by Gasteiger charge is -2.30. The molecule has 1 fully saturated rings. The third-order valence-corrected chi connectivity index (χ3v) is 4.29. The van der Waals surface area contributed by atoms with Gasteiger partial charge in [0.25, 0.3) is 0 Å². The Labute approximate surface area is 118 Å². The van der Waals surface area contributed by atoms with Gasteiger partial charge < -0.3 is 15.7 Å². The van der Waals surface area contributed by atoms with Crippen molar-refractivity contribution in [1.29, 1.82) is 0 Å².